The smallest absolute Gasteiger partial charge is 0.243 e. The number of nitrogens with zero attached hydrogens (tertiary/aromatic N) is 1. The van der Waals surface area contributed by atoms with Gasteiger partial charge in [-0.3, -0.25) is 4.79 Å². The van der Waals surface area contributed by atoms with Gasteiger partial charge in [0.05, 0.1) is 24.6 Å². The van der Waals surface area contributed by atoms with Crippen LogP contribution in [0.2, 0.25) is 0 Å². The number of methoxy groups -OCH3 is 1. The summed E-state index contributed by atoms with van der Waals surface area (Å²) in [5, 5.41) is 2.89. The third-order valence-electron chi connectivity index (χ3n) is 4.97. The van der Waals surface area contributed by atoms with Crippen LogP contribution >= 0.6 is 15.9 Å². The summed E-state index contributed by atoms with van der Waals surface area (Å²) in [5.41, 5.74) is 1.69. The number of carbonyl (C=O) groups excluding carboxylic acids is 1. The molecule has 0 saturated carbocycles. The Morgan fingerprint density at radius 3 is 2.22 bits per heavy atom. The second-order valence-corrected chi connectivity index (χ2v) is 10.1. The molecule has 1 atom stereocenters. The summed E-state index contributed by atoms with van der Waals surface area (Å²) in [5.74, 6) is 0.340. The Balaban J connectivity index is 1.79. The van der Waals surface area contributed by atoms with Crippen molar-refractivity contribution >= 4 is 31.9 Å². The van der Waals surface area contributed by atoms with Gasteiger partial charge in [0, 0.05) is 11.0 Å². The molecule has 1 amide bonds. The van der Waals surface area contributed by atoms with Crippen molar-refractivity contribution in [3.8, 4) is 5.75 Å². The maximum absolute atomic E-state index is 13.3. The number of halogens is 1. The van der Waals surface area contributed by atoms with Gasteiger partial charge in [0.15, 0.2) is 0 Å². The highest BCUT2D eigenvalue weighted by molar-refractivity contribution is 9.10. The van der Waals surface area contributed by atoms with Gasteiger partial charge in [-0.2, -0.15) is 4.31 Å². The second-order valence-electron chi connectivity index (χ2n) is 7.27. The number of nitrogens with one attached hydrogen (secondary N) is 1. The largest absolute Gasteiger partial charge is 0.497 e. The molecule has 0 fully saturated rings. The Morgan fingerprint density at radius 2 is 1.62 bits per heavy atom. The molecule has 0 bridgehead atoms. The summed E-state index contributed by atoms with van der Waals surface area (Å²) in [7, 11) is -2.29. The molecule has 0 aromatic heterocycles. The lowest BCUT2D eigenvalue weighted by atomic mass is 10.1. The van der Waals surface area contributed by atoms with Gasteiger partial charge in [-0.15, -0.1) is 0 Å². The summed E-state index contributed by atoms with van der Waals surface area (Å²) in [6.07, 6.45) is 0. The van der Waals surface area contributed by atoms with Crippen LogP contribution in [0.3, 0.4) is 0 Å². The molecule has 3 aromatic rings. The van der Waals surface area contributed by atoms with E-state index >= 15 is 0 Å². The minimum Gasteiger partial charge on any atom is -0.497 e. The van der Waals surface area contributed by atoms with Gasteiger partial charge in [0.25, 0.3) is 0 Å². The maximum atomic E-state index is 13.3. The quantitative estimate of drug-likeness (QED) is 0.453. The van der Waals surface area contributed by atoms with Gasteiger partial charge in [-0.1, -0.05) is 58.4 Å². The van der Waals surface area contributed by atoms with Gasteiger partial charge in [0.1, 0.15) is 5.75 Å². The van der Waals surface area contributed by atoms with Crippen LogP contribution in [0, 0.1) is 0 Å². The van der Waals surface area contributed by atoms with Crippen LogP contribution in [-0.4, -0.2) is 32.3 Å². The van der Waals surface area contributed by atoms with Gasteiger partial charge in [0.2, 0.25) is 15.9 Å². The fourth-order valence-corrected chi connectivity index (χ4v) is 4.84. The Morgan fingerprint density at radius 1 is 1.00 bits per heavy atom. The lowest BCUT2D eigenvalue weighted by molar-refractivity contribution is -0.122. The lowest BCUT2D eigenvalue weighted by Gasteiger charge is -2.23. The molecule has 0 aliphatic heterocycles. The minimum absolute atomic E-state index is 0.0869. The number of carbonyl (C=O) groups is 1. The van der Waals surface area contributed by atoms with Crippen molar-refractivity contribution in [2.24, 2.45) is 0 Å². The minimum atomic E-state index is -3.89. The van der Waals surface area contributed by atoms with Crippen molar-refractivity contribution < 1.29 is 17.9 Å². The van der Waals surface area contributed by atoms with Crippen molar-refractivity contribution in [3.63, 3.8) is 0 Å². The van der Waals surface area contributed by atoms with Crippen LogP contribution in [0.1, 0.15) is 24.1 Å². The summed E-state index contributed by atoms with van der Waals surface area (Å²) in [6, 6.07) is 22.7. The van der Waals surface area contributed by atoms with E-state index in [0.29, 0.717) is 0 Å². The number of hydrogen-bond donors (Lipinski definition) is 1. The first kappa shape index (κ1) is 24.0. The standard InChI is InChI=1S/C24H25BrN2O4S/c1-18(20-8-12-22(31-2)13-9-20)26-24(28)17-27(16-19-6-4-3-5-7-19)32(29,30)23-14-10-21(25)11-15-23/h3-15,18H,16-17H2,1-2H3,(H,26,28). The molecule has 0 heterocycles. The normalized spacial score (nSPS) is 12.4. The molecule has 1 N–H and O–H groups in total. The summed E-state index contributed by atoms with van der Waals surface area (Å²) < 4.78 is 33.8. The first-order valence-corrected chi connectivity index (χ1v) is 12.3. The molecule has 168 valence electrons. The summed E-state index contributed by atoms with van der Waals surface area (Å²) in [4.78, 5) is 13.0. The van der Waals surface area contributed by atoms with E-state index in [2.05, 4.69) is 21.2 Å². The molecule has 3 aromatic carbocycles. The van der Waals surface area contributed by atoms with Gasteiger partial charge in [-0.25, -0.2) is 8.42 Å². The highest BCUT2D eigenvalue weighted by Crippen LogP contribution is 2.21. The number of amides is 1. The molecular formula is C24H25BrN2O4S. The van der Waals surface area contributed by atoms with E-state index < -0.39 is 10.0 Å². The second kappa shape index (κ2) is 10.8. The van der Waals surface area contributed by atoms with E-state index in [4.69, 9.17) is 4.74 Å². The Kier molecular flexibility index (Phi) is 8.06. The zero-order valence-corrected chi connectivity index (χ0v) is 20.3. The summed E-state index contributed by atoms with van der Waals surface area (Å²) in [6.45, 7) is 1.64. The van der Waals surface area contributed by atoms with Gasteiger partial charge < -0.3 is 10.1 Å². The average molecular weight is 517 g/mol. The Labute approximate surface area is 197 Å². The molecule has 32 heavy (non-hydrogen) atoms. The molecule has 6 nitrogen and oxygen atoms in total. The number of sulfonamides is 1. The molecule has 1 unspecified atom stereocenters. The van der Waals surface area contributed by atoms with Crippen LogP contribution in [0.4, 0.5) is 0 Å². The van der Waals surface area contributed by atoms with E-state index in [0.717, 1.165) is 21.3 Å². The van der Waals surface area contributed by atoms with Crippen LogP contribution in [0.5, 0.6) is 5.75 Å². The molecule has 3 rings (SSSR count). The van der Waals surface area contributed by atoms with Crippen molar-refractivity contribution in [1.29, 1.82) is 0 Å². The van der Waals surface area contributed by atoms with Crippen LogP contribution in [0.15, 0.2) is 88.2 Å². The highest BCUT2D eigenvalue weighted by Gasteiger charge is 2.27. The van der Waals surface area contributed by atoms with Crippen LogP contribution < -0.4 is 10.1 Å². The molecular weight excluding hydrogens is 492 g/mol. The molecule has 0 aliphatic rings. The summed E-state index contributed by atoms with van der Waals surface area (Å²) >= 11 is 3.32. The fourth-order valence-electron chi connectivity index (χ4n) is 3.19. The third-order valence-corrected chi connectivity index (χ3v) is 7.30. The van der Waals surface area contributed by atoms with E-state index in [1.807, 2.05) is 61.5 Å². The van der Waals surface area contributed by atoms with Crippen molar-refractivity contribution in [1.82, 2.24) is 9.62 Å². The van der Waals surface area contributed by atoms with E-state index in [-0.39, 0.29) is 29.9 Å². The van der Waals surface area contributed by atoms with E-state index in [1.165, 1.54) is 16.4 Å². The number of ether oxygens (including phenoxy) is 1. The Hall–Kier alpha value is -2.68. The van der Waals surface area contributed by atoms with Crippen molar-refractivity contribution in [2.45, 2.75) is 24.4 Å². The molecule has 0 saturated heterocycles. The third kappa shape index (κ3) is 6.18. The molecule has 0 aliphatic carbocycles. The molecule has 8 heteroatoms. The average Bonchev–Trinajstić information content (AvgIpc) is 2.79. The monoisotopic (exact) mass is 516 g/mol. The van der Waals surface area contributed by atoms with E-state index in [9.17, 15) is 13.2 Å². The topological polar surface area (TPSA) is 75.7 Å². The van der Waals surface area contributed by atoms with Crippen molar-refractivity contribution in [3.05, 3.63) is 94.5 Å². The first-order valence-electron chi connectivity index (χ1n) is 10.0. The maximum Gasteiger partial charge on any atom is 0.243 e. The fraction of sp³-hybridized carbons (Fsp3) is 0.208. The number of rotatable bonds is 9. The van der Waals surface area contributed by atoms with Crippen molar-refractivity contribution in [2.75, 3.05) is 13.7 Å². The van der Waals surface area contributed by atoms with Gasteiger partial charge in [-0.05, 0) is 54.4 Å². The Bertz CT molecular complexity index is 1130. The van der Waals surface area contributed by atoms with Crippen LogP contribution in [0.25, 0.3) is 0 Å². The molecule has 0 radical (unpaired) electrons. The number of hydrogen-bond acceptors (Lipinski definition) is 4. The zero-order chi connectivity index (χ0) is 23.1. The number of benzene rings is 3. The van der Waals surface area contributed by atoms with Crippen LogP contribution in [-0.2, 0) is 21.4 Å². The first-order chi connectivity index (χ1) is 15.3. The zero-order valence-electron chi connectivity index (χ0n) is 17.9. The van der Waals surface area contributed by atoms with Gasteiger partial charge >= 0.3 is 0 Å². The predicted octanol–water partition coefficient (Wildman–Crippen LogP) is 4.53. The highest BCUT2D eigenvalue weighted by atomic mass is 79.9. The molecule has 0 spiro atoms. The predicted molar refractivity (Wildman–Crippen MR) is 128 cm³/mol. The lowest BCUT2D eigenvalue weighted by Crippen LogP contribution is -2.41. The SMILES string of the molecule is COc1ccc(C(C)NC(=O)CN(Cc2ccccc2)S(=O)(=O)c2ccc(Br)cc2)cc1. The van der Waals surface area contributed by atoms with E-state index in [1.54, 1.807) is 19.2 Å².